The zero-order chi connectivity index (χ0) is 10.7. The average molecular weight is 288 g/mol. The summed E-state index contributed by atoms with van der Waals surface area (Å²) in [7, 11) is 0. The van der Waals surface area contributed by atoms with Crippen molar-refractivity contribution in [2.45, 2.75) is 24.6 Å². The molecule has 3 heteroatoms. The number of piperidine rings is 1. The molecule has 0 spiro atoms. The molecule has 0 bridgehead atoms. The lowest BCUT2D eigenvalue weighted by Gasteiger charge is -2.33. The lowest BCUT2D eigenvalue weighted by Crippen LogP contribution is -2.40. The fraction of sp³-hybridized carbons (Fsp3) is 0.667. The molecule has 0 N–H and O–H groups in total. The van der Waals surface area contributed by atoms with Gasteiger partial charge >= 0.3 is 0 Å². The van der Waals surface area contributed by atoms with E-state index in [0.717, 1.165) is 5.92 Å². The van der Waals surface area contributed by atoms with Crippen molar-refractivity contribution in [2.75, 3.05) is 19.6 Å². The number of hydrogen-bond acceptors (Lipinski definition) is 2. The van der Waals surface area contributed by atoms with Gasteiger partial charge < -0.3 is 4.90 Å². The Morgan fingerprint density at radius 3 is 3.07 bits per heavy atom. The van der Waals surface area contributed by atoms with Crippen LogP contribution in [0.25, 0.3) is 0 Å². The molecule has 2 atom stereocenters. The van der Waals surface area contributed by atoms with E-state index >= 15 is 0 Å². The van der Waals surface area contributed by atoms with Crippen LogP contribution in [-0.4, -0.2) is 29.4 Å². The molecular formula is C12H18BrNS. The number of alkyl halides is 1. The molecule has 0 aromatic carbocycles. The molecule has 1 aromatic rings. The van der Waals surface area contributed by atoms with E-state index in [0.29, 0.717) is 4.83 Å². The summed E-state index contributed by atoms with van der Waals surface area (Å²) in [5.41, 5.74) is 0. The van der Waals surface area contributed by atoms with E-state index in [-0.39, 0.29) is 0 Å². The summed E-state index contributed by atoms with van der Waals surface area (Å²) < 4.78 is 0. The zero-order valence-corrected chi connectivity index (χ0v) is 11.6. The van der Waals surface area contributed by atoms with Crippen LogP contribution in [0.4, 0.5) is 0 Å². The highest BCUT2D eigenvalue weighted by Crippen LogP contribution is 2.22. The largest absolute Gasteiger partial charge is 0.302 e. The third-order valence-corrected chi connectivity index (χ3v) is 4.54. The molecule has 1 saturated heterocycles. The molecule has 0 aliphatic carbocycles. The molecule has 1 nitrogen and oxygen atoms in total. The summed E-state index contributed by atoms with van der Waals surface area (Å²) in [4.78, 5) is 4.80. The van der Waals surface area contributed by atoms with Crippen molar-refractivity contribution in [3.05, 3.63) is 22.4 Å². The predicted octanol–water partition coefficient (Wildman–Crippen LogP) is 3.40. The van der Waals surface area contributed by atoms with Crippen molar-refractivity contribution in [3.8, 4) is 0 Å². The van der Waals surface area contributed by atoms with E-state index < -0.39 is 0 Å². The van der Waals surface area contributed by atoms with Gasteiger partial charge in [-0.2, -0.15) is 0 Å². The molecule has 0 amide bonds. The highest BCUT2D eigenvalue weighted by atomic mass is 79.9. The van der Waals surface area contributed by atoms with E-state index in [9.17, 15) is 0 Å². The Kier molecular flexibility index (Phi) is 4.23. The second-order valence-electron chi connectivity index (χ2n) is 4.53. The first kappa shape index (κ1) is 11.6. The van der Waals surface area contributed by atoms with Gasteiger partial charge in [0.2, 0.25) is 0 Å². The summed E-state index contributed by atoms with van der Waals surface area (Å²) in [5, 5.41) is 2.17. The van der Waals surface area contributed by atoms with Gasteiger partial charge in [-0.15, -0.1) is 11.3 Å². The number of hydrogen-bond donors (Lipinski definition) is 0. The predicted molar refractivity (Wildman–Crippen MR) is 71.0 cm³/mol. The van der Waals surface area contributed by atoms with Crippen molar-refractivity contribution < 1.29 is 0 Å². The lowest BCUT2D eigenvalue weighted by atomic mass is 10.00. The van der Waals surface area contributed by atoms with Crippen LogP contribution in [0.15, 0.2) is 17.5 Å². The monoisotopic (exact) mass is 287 g/mol. The number of thiophene rings is 1. The first-order chi connectivity index (χ1) is 7.24. The molecule has 1 fully saturated rings. The summed E-state index contributed by atoms with van der Waals surface area (Å²) in [5.74, 6) is 0.839. The molecule has 2 heterocycles. The van der Waals surface area contributed by atoms with Gasteiger partial charge in [0.25, 0.3) is 0 Å². The molecule has 15 heavy (non-hydrogen) atoms. The van der Waals surface area contributed by atoms with Crippen molar-refractivity contribution in [3.63, 3.8) is 0 Å². The van der Waals surface area contributed by atoms with Gasteiger partial charge in [0.05, 0.1) is 0 Å². The smallest absolute Gasteiger partial charge is 0.0276 e. The van der Waals surface area contributed by atoms with Gasteiger partial charge in [0.1, 0.15) is 0 Å². The summed E-state index contributed by atoms with van der Waals surface area (Å²) >= 11 is 5.62. The molecular weight excluding hydrogens is 270 g/mol. The third-order valence-electron chi connectivity index (χ3n) is 2.94. The SMILES string of the molecule is CC1CC(Br)CN(CCc2cccs2)C1. The van der Waals surface area contributed by atoms with Crippen molar-refractivity contribution >= 4 is 27.3 Å². The minimum absolute atomic E-state index is 0.699. The first-order valence-corrected chi connectivity index (χ1v) is 7.42. The Bertz CT molecular complexity index is 276. The van der Waals surface area contributed by atoms with Crippen LogP contribution in [-0.2, 0) is 6.42 Å². The quantitative estimate of drug-likeness (QED) is 0.771. The maximum absolute atomic E-state index is 3.75. The summed E-state index contributed by atoms with van der Waals surface area (Å²) in [6.45, 7) is 6.06. The maximum atomic E-state index is 3.75. The van der Waals surface area contributed by atoms with Crippen LogP contribution in [0, 0.1) is 5.92 Å². The molecule has 1 aromatic heterocycles. The molecule has 2 rings (SSSR count). The van der Waals surface area contributed by atoms with Crippen molar-refractivity contribution in [1.82, 2.24) is 4.90 Å². The Morgan fingerprint density at radius 1 is 1.53 bits per heavy atom. The van der Waals surface area contributed by atoms with Crippen LogP contribution in [0.1, 0.15) is 18.2 Å². The number of likely N-dealkylation sites (tertiary alicyclic amines) is 1. The number of halogens is 1. The molecule has 1 aliphatic rings. The fourth-order valence-corrected chi connectivity index (χ4v) is 4.03. The lowest BCUT2D eigenvalue weighted by molar-refractivity contribution is 0.193. The topological polar surface area (TPSA) is 3.24 Å². The molecule has 0 radical (unpaired) electrons. The highest BCUT2D eigenvalue weighted by Gasteiger charge is 2.22. The Hall–Kier alpha value is 0.140. The number of rotatable bonds is 3. The minimum atomic E-state index is 0.699. The van der Waals surface area contributed by atoms with E-state index in [1.54, 1.807) is 0 Å². The number of nitrogens with zero attached hydrogens (tertiary/aromatic N) is 1. The maximum Gasteiger partial charge on any atom is 0.0276 e. The fourth-order valence-electron chi connectivity index (χ4n) is 2.29. The Balaban J connectivity index is 1.79. The van der Waals surface area contributed by atoms with Crippen LogP contribution in [0.2, 0.25) is 0 Å². The van der Waals surface area contributed by atoms with Gasteiger partial charge in [-0.25, -0.2) is 0 Å². The van der Waals surface area contributed by atoms with Crippen molar-refractivity contribution in [2.24, 2.45) is 5.92 Å². The second-order valence-corrected chi connectivity index (χ2v) is 6.85. The Morgan fingerprint density at radius 2 is 2.40 bits per heavy atom. The molecule has 2 unspecified atom stereocenters. The highest BCUT2D eigenvalue weighted by molar-refractivity contribution is 9.09. The van der Waals surface area contributed by atoms with Crippen LogP contribution in [0.5, 0.6) is 0 Å². The average Bonchev–Trinajstić information content (AvgIpc) is 2.65. The first-order valence-electron chi connectivity index (χ1n) is 5.63. The van der Waals surface area contributed by atoms with Crippen molar-refractivity contribution in [1.29, 1.82) is 0 Å². The van der Waals surface area contributed by atoms with Gasteiger partial charge in [-0.1, -0.05) is 28.9 Å². The van der Waals surface area contributed by atoms with Crippen LogP contribution >= 0.6 is 27.3 Å². The second kappa shape index (κ2) is 5.46. The van der Waals surface area contributed by atoms with E-state index in [1.807, 2.05) is 11.3 Å². The third kappa shape index (κ3) is 3.58. The van der Waals surface area contributed by atoms with Gasteiger partial charge in [-0.05, 0) is 30.2 Å². The normalized spacial score (nSPS) is 28.1. The van der Waals surface area contributed by atoms with Crippen LogP contribution < -0.4 is 0 Å². The molecule has 0 saturated carbocycles. The van der Waals surface area contributed by atoms with Gasteiger partial charge in [-0.3, -0.25) is 0 Å². The summed E-state index contributed by atoms with van der Waals surface area (Å²) in [6, 6.07) is 4.38. The van der Waals surface area contributed by atoms with E-state index in [2.05, 4.69) is 45.3 Å². The van der Waals surface area contributed by atoms with Crippen LogP contribution in [0.3, 0.4) is 0 Å². The minimum Gasteiger partial charge on any atom is -0.302 e. The van der Waals surface area contributed by atoms with E-state index in [4.69, 9.17) is 0 Å². The Labute approximate surface area is 105 Å². The zero-order valence-electron chi connectivity index (χ0n) is 9.16. The standard InChI is InChI=1S/C12H18BrNS/c1-10-7-11(13)9-14(8-10)5-4-12-3-2-6-15-12/h2-3,6,10-11H,4-5,7-9H2,1H3. The van der Waals surface area contributed by atoms with E-state index in [1.165, 1.54) is 37.4 Å². The molecule has 84 valence electrons. The molecule has 1 aliphatic heterocycles. The van der Waals surface area contributed by atoms with Gasteiger partial charge in [0, 0.05) is 29.3 Å². The summed E-state index contributed by atoms with van der Waals surface area (Å²) in [6.07, 6.45) is 2.54. The van der Waals surface area contributed by atoms with Gasteiger partial charge in [0.15, 0.2) is 0 Å².